The number of hydrogen-bond donors (Lipinski definition) is 1. The van der Waals surface area contributed by atoms with E-state index < -0.39 is 0 Å². The maximum atomic E-state index is 12.6. The molecule has 0 heterocycles. The van der Waals surface area contributed by atoms with Crippen molar-refractivity contribution in [3.05, 3.63) is 0 Å². The molecule has 6 atom stereocenters. The Labute approximate surface area is 135 Å². The molecule has 4 saturated carbocycles. The van der Waals surface area contributed by atoms with Crippen LogP contribution in [-0.2, 0) is 4.79 Å². The minimum Gasteiger partial charge on any atom is -0.393 e. The second-order valence-electron chi connectivity index (χ2n) is 10.4. The smallest absolute Gasteiger partial charge is 0.139 e. The molecule has 4 aliphatic carbocycles. The lowest BCUT2D eigenvalue weighted by Crippen LogP contribution is -2.58. The minimum absolute atomic E-state index is 0.0253. The normalized spacial score (nSPS) is 56.4. The molecule has 4 rings (SSSR count). The highest BCUT2D eigenvalue weighted by Crippen LogP contribution is 2.72. The van der Waals surface area contributed by atoms with Gasteiger partial charge in [0.2, 0.25) is 0 Å². The van der Waals surface area contributed by atoms with E-state index in [9.17, 15) is 9.90 Å². The molecule has 0 aromatic heterocycles. The fourth-order valence-electron chi connectivity index (χ4n) is 8.00. The standard InChI is InChI=1S/C20H32O2/c1-17(2)9-13(21)10-19(4)14(17)6-8-20-11-16(22)18(3,12-20)7-5-15(19)20/h13-15,21H,5-12H2,1-4H3/t13-,14-,15+,18+,19-,20+/m1/s1. The Hall–Kier alpha value is -0.370. The van der Waals surface area contributed by atoms with Crippen LogP contribution in [0.4, 0.5) is 0 Å². The van der Waals surface area contributed by atoms with Gasteiger partial charge in [0, 0.05) is 11.8 Å². The molecule has 124 valence electrons. The monoisotopic (exact) mass is 304 g/mol. The number of rotatable bonds is 0. The Balaban J connectivity index is 1.76. The largest absolute Gasteiger partial charge is 0.393 e. The van der Waals surface area contributed by atoms with Gasteiger partial charge >= 0.3 is 0 Å². The molecule has 2 heteroatoms. The molecular weight excluding hydrogens is 272 g/mol. The van der Waals surface area contributed by atoms with Gasteiger partial charge in [-0.3, -0.25) is 4.79 Å². The summed E-state index contributed by atoms with van der Waals surface area (Å²) in [6.07, 6.45) is 8.50. The number of hydrogen-bond acceptors (Lipinski definition) is 2. The molecule has 1 N–H and O–H groups in total. The highest BCUT2D eigenvalue weighted by molar-refractivity contribution is 5.88. The van der Waals surface area contributed by atoms with Gasteiger partial charge in [0.25, 0.3) is 0 Å². The van der Waals surface area contributed by atoms with Gasteiger partial charge in [-0.15, -0.1) is 0 Å². The van der Waals surface area contributed by atoms with E-state index in [1.807, 2.05) is 0 Å². The zero-order valence-corrected chi connectivity index (χ0v) is 14.7. The summed E-state index contributed by atoms with van der Waals surface area (Å²) in [7, 11) is 0. The van der Waals surface area contributed by atoms with E-state index >= 15 is 0 Å². The average Bonchev–Trinajstić information content (AvgIpc) is 2.52. The van der Waals surface area contributed by atoms with E-state index in [-0.39, 0.29) is 27.8 Å². The Morgan fingerprint density at radius 2 is 1.68 bits per heavy atom. The Morgan fingerprint density at radius 3 is 2.41 bits per heavy atom. The first kappa shape index (κ1) is 15.2. The van der Waals surface area contributed by atoms with Gasteiger partial charge in [0.1, 0.15) is 5.78 Å². The molecule has 4 fully saturated rings. The third-order valence-corrected chi connectivity index (χ3v) is 8.56. The molecule has 0 saturated heterocycles. The van der Waals surface area contributed by atoms with Crippen LogP contribution >= 0.6 is 0 Å². The third-order valence-electron chi connectivity index (χ3n) is 8.56. The van der Waals surface area contributed by atoms with Crippen molar-refractivity contribution in [1.29, 1.82) is 0 Å². The fraction of sp³-hybridized carbons (Fsp3) is 0.950. The van der Waals surface area contributed by atoms with Crippen molar-refractivity contribution in [3.8, 4) is 0 Å². The van der Waals surface area contributed by atoms with Gasteiger partial charge in [-0.05, 0) is 73.0 Å². The van der Waals surface area contributed by atoms with Crippen LogP contribution in [0, 0.1) is 33.5 Å². The predicted octanol–water partition coefficient (Wildman–Crippen LogP) is 4.35. The Bertz CT molecular complexity index is 524. The first-order valence-electron chi connectivity index (χ1n) is 9.33. The summed E-state index contributed by atoms with van der Waals surface area (Å²) in [5.41, 5.74) is 0.702. The molecule has 0 aromatic rings. The molecule has 4 aliphatic rings. The van der Waals surface area contributed by atoms with E-state index in [2.05, 4.69) is 27.7 Å². The van der Waals surface area contributed by atoms with Crippen LogP contribution in [0.25, 0.3) is 0 Å². The molecule has 2 nitrogen and oxygen atoms in total. The van der Waals surface area contributed by atoms with Crippen LogP contribution < -0.4 is 0 Å². The van der Waals surface area contributed by atoms with Crippen molar-refractivity contribution in [1.82, 2.24) is 0 Å². The van der Waals surface area contributed by atoms with Crippen LogP contribution in [0.3, 0.4) is 0 Å². The minimum atomic E-state index is -0.156. The summed E-state index contributed by atoms with van der Waals surface area (Å²) in [5.74, 6) is 1.89. The van der Waals surface area contributed by atoms with Crippen LogP contribution in [0.15, 0.2) is 0 Å². The van der Waals surface area contributed by atoms with E-state index in [0.717, 1.165) is 32.1 Å². The van der Waals surface area contributed by atoms with Crippen molar-refractivity contribution in [2.24, 2.45) is 33.5 Å². The van der Waals surface area contributed by atoms with Crippen LogP contribution in [0.1, 0.15) is 79.1 Å². The summed E-state index contributed by atoms with van der Waals surface area (Å²) in [6.45, 7) is 9.40. The van der Waals surface area contributed by atoms with E-state index in [4.69, 9.17) is 0 Å². The second-order valence-corrected chi connectivity index (χ2v) is 10.4. The summed E-state index contributed by atoms with van der Waals surface area (Å²) >= 11 is 0. The third kappa shape index (κ3) is 1.74. The molecule has 0 aliphatic heterocycles. The number of carbonyl (C=O) groups excluding carboxylic acids is 1. The van der Waals surface area contributed by atoms with E-state index in [0.29, 0.717) is 17.6 Å². The lowest BCUT2D eigenvalue weighted by molar-refractivity contribution is -0.175. The molecule has 1 spiro atoms. The molecule has 0 unspecified atom stereocenters. The molecule has 22 heavy (non-hydrogen) atoms. The summed E-state index contributed by atoms with van der Waals surface area (Å²) in [4.78, 5) is 12.6. The highest BCUT2D eigenvalue weighted by atomic mass is 16.3. The van der Waals surface area contributed by atoms with E-state index in [1.165, 1.54) is 19.3 Å². The summed E-state index contributed by atoms with van der Waals surface area (Å²) in [5, 5.41) is 10.5. The van der Waals surface area contributed by atoms with Crippen molar-refractivity contribution < 1.29 is 9.90 Å². The van der Waals surface area contributed by atoms with Crippen molar-refractivity contribution >= 4 is 5.78 Å². The number of ketones is 1. The number of fused-ring (bicyclic) bond motifs is 3. The maximum absolute atomic E-state index is 12.6. The Morgan fingerprint density at radius 1 is 1.00 bits per heavy atom. The highest BCUT2D eigenvalue weighted by Gasteiger charge is 2.67. The number of carbonyl (C=O) groups is 1. The zero-order chi connectivity index (χ0) is 16.0. The van der Waals surface area contributed by atoms with Crippen LogP contribution in [-0.4, -0.2) is 17.0 Å². The lowest BCUT2D eigenvalue weighted by Gasteiger charge is -2.64. The van der Waals surface area contributed by atoms with Gasteiger partial charge in [-0.1, -0.05) is 27.7 Å². The topological polar surface area (TPSA) is 37.3 Å². The van der Waals surface area contributed by atoms with Crippen molar-refractivity contribution in [3.63, 3.8) is 0 Å². The summed E-state index contributed by atoms with van der Waals surface area (Å²) < 4.78 is 0. The maximum Gasteiger partial charge on any atom is 0.139 e. The van der Waals surface area contributed by atoms with Gasteiger partial charge in [0.15, 0.2) is 0 Å². The van der Waals surface area contributed by atoms with Crippen LogP contribution in [0.5, 0.6) is 0 Å². The first-order valence-corrected chi connectivity index (χ1v) is 9.33. The van der Waals surface area contributed by atoms with Crippen molar-refractivity contribution in [2.75, 3.05) is 0 Å². The fourth-order valence-corrected chi connectivity index (χ4v) is 8.00. The zero-order valence-electron chi connectivity index (χ0n) is 14.7. The molecule has 0 aromatic carbocycles. The van der Waals surface area contributed by atoms with Gasteiger partial charge in [-0.2, -0.15) is 0 Å². The second kappa shape index (κ2) is 4.18. The number of aliphatic hydroxyl groups is 1. The molecule has 0 amide bonds. The van der Waals surface area contributed by atoms with Gasteiger partial charge < -0.3 is 5.11 Å². The van der Waals surface area contributed by atoms with Crippen molar-refractivity contribution in [2.45, 2.75) is 85.2 Å². The Kier molecular flexibility index (Phi) is 2.88. The quantitative estimate of drug-likeness (QED) is 0.722. The molecule has 0 radical (unpaired) electrons. The molecule has 2 bridgehead atoms. The summed E-state index contributed by atoms with van der Waals surface area (Å²) in [6, 6.07) is 0. The van der Waals surface area contributed by atoms with Crippen LogP contribution in [0.2, 0.25) is 0 Å². The first-order chi connectivity index (χ1) is 10.1. The SMILES string of the molecule is CC1(C)C[C@@H](O)C[C@]2(C)[C@@H]1CC[C@@]13CC(=O)[C@@](C)(CC[C@H]12)C3. The molecular formula is C20H32O2. The van der Waals surface area contributed by atoms with E-state index in [1.54, 1.807) is 0 Å². The number of Topliss-reactive ketones (excluding diaryl/α,β-unsaturated/α-hetero) is 1. The lowest BCUT2D eigenvalue weighted by atomic mass is 9.40. The number of aliphatic hydroxyl groups excluding tert-OH is 1. The van der Waals surface area contributed by atoms with Gasteiger partial charge in [-0.25, -0.2) is 0 Å². The van der Waals surface area contributed by atoms with Gasteiger partial charge in [0.05, 0.1) is 6.10 Å². The predicted molar refractivity (Wildman–Crippen MR) is 87.4 cm³/mol. The average molecular weight is 304 g/mol.